The second-order valence-corrected chi connectivity index (χ2v) is 6.05. The summed E-state index contributed by atoms with van der Waals surface area (Å²) in [6.45, 7) is 0. The summed E-state index contributed by atoms with van der Waals surface area (Å²) in [5.74, 6) is 0. The molecule has 0 fully saturated rings. The molecule has 0 spiro atoms. The predicted octanol–water partition coefficient (Wildman–Crippen LogP) is 6.42. The fraction of sp³-hybridized carbons (Fsp3) is 0. The van der Waals surface area contributed by atoms with E-state index in [2.05, 4.69) is 72.8 Å². The molecule has 1 nitrogen and oxygen atoms in total. The lowest BCUT2D eigenvalue weighted by atomic mass is 9.95. The summed E-state index contributed by atoms with van der Waals surface area (Å²) < 4.78 is 0. The van der Waals surface area contributed by atoms with Crippen LogP contribution in [0.25, 0.3) is 32.3 Å². The molecule has 2 N–H and O–H groups in total. The van der Waals surface area contributed by atoms with E-state index in [0.29, 0.717) is 0 Å². The molecule has 0 unspecified atom stereocenters. The van der Waals surface area contributed by atoms with Gasteiger partial charge in [0, 0.05) is 5.69 Å². The quantitative estimate of drug-likeness (QED) is 0.259. The van der Waals surface area contributed by atoms with E-state index >= 15 is 0 Å². The summed E-state index contributed by atoms with van der Waals surface area (Å²) in [6.07, 6.45) is 0. The molecule has 0 saturated carbocycles. The summed E-state index contributed by atoms with van der Waals surface area (Å²) in [7, 11) is 0. The lowest BCUT2D eigenvalue weighted by molar-refractivity contribution is 1.69. The molecule has 1 heteroatoms. The van der Waals surface area contributed by atoms with Crippen molar-refractivity contribution in [2.45, 2.75) is 0 Å². The molecular formula is C24H19N. The van der Waals surface area contributed by atoms with Crippen molar-refractivity contribution >= 4 is 38.0 Å². The first-order valence-corrected chi connectivity index (χ1v) is 8.43. The Hall–Kier alpha value is -3.32. The molecule has 0 aliphatic heterocycles. The fourth-order valence-electron chi connectivity index (χ4n) is 3.31. The van der Waals surface area contributed by atoms with E-state index in [0.717, 1.165) is 5.69 Å². The number of para-hydroxylation sites is 1. The van der Waals surface area contributed by atoms with Gasteiger partial charge in [-0.05, 0) is 44.5 Å². The van der Waals surface area contributed by atoms with Crippen LogP contribution in [0.15, 0.2) is 103 Å². The van der Waals surface area contributed by atoms with Crippen molar-refractivity contribution in [2.75, 3.05) is 5.73 Å². The highest BCUT2D eigenvalue weighted by atomic mass is 14.5. The zero-order valence-electron chi connectivity index (χ0n) is 13.9. The Labute approximate surface area is 147 Å². The number of benzene rings is 5. The minimum absolute atomic E-state index is 0.822. The number of nitrogens with two attached hydrogens (primary N) is 1. The van der Waals surface area contributed by atoms with Gasteiger partial charge in [-0.3, -0.25) is 0 Å². The molecule has 0 aliphatic rings. The summed E-state index contributed by atoms with van der Waals surface area (Å²) in [4.78, 5) is 0. The highest BCUT2D eigenvalue weighted by molar-refractivity contribution is 6.25. The van der Waals surface area contributed by atoms with E-state index in [4.69, 9.17) is 5.73 Å². The van der Waals surface area contributed by atoms with E-state index in [1.165, 1.54) is 32.3 Å². The maximum atomic E-state index is 5.36. The van der Waals surface area contributed by atoms with Crippen LogP contribution in [0.1, 0.15) is 0 Å². The predicted molar refractivity (Wildman–Crippen MR) is 110 cm³/mol. The van der Waals surface area contributed by atoms with Crippen LogP contribution in [0.5, 0.6) is 0 Å². The van der Waals surface area contributed by atoms with Gasteiger partial charge in [-0.2, -0.15) is 0 Å². The van der Waals surface area contributed by atoms with E-state index < -0.39 is 0 Å². The van der Waals surface area contributed by atoms with Gasteiger partial charge >= 0.3 is 0 Å². The molecule has 0 aromatic heterocycles. The SMILES string of the molecule is Nc1ccccc1.c1ccc2c(c1)c1ccccc1c1ccccc21. The molecule has 0 saturated heterocycles. The molecule has 0 heterocycles. The number of rotatable bonds is 0. The van der Waals surface area contributed by atoms with Crippen molar-refractivity contribution in [3.63, 3.8) is 0 Å². The van der Waals surface area contributed by atoms with E-state index in [-0.39, 0.29) is 0 Å². The van der Waals surface area contributed by atoms with Crippen molar-refractivity contribution in [3.05, 3.63) is 103 Å². The zero-order valence-corrected chi connectivity index (χ0v) is 13.9. The van der Waals surface area contributed by atoms with Crippen LogP contribution in [-0.2, 0) is 0 Å². The molecule has 5 aromatic rings. The minimum Gasteiger partial charge on any atom is -0.399 e. The lowest BCUT2D eigenvalue weighted by Gasteiger charge is -2.09. The molecule has 0 radical (unpaired) electrons. The van der Waals surface area contributed by atoms with Crippen LogP contribution in [0.4, 0.5) is 5.69 Å². The van der Waals surface area contributed by atoms with Crippen molar-refractivity contribution in [3.8, 4) is 0 Å². The standard InChI is InChI=1S/C18H12.C6H7N/c1-2-8-14-13(7-1)15-9-3-4-11-17(15)18-12-6-5-10-16(14)18;7-6-4-2-1-3-5-6/h1-12H;1-5H,7H2. The third-order valence-corrected chi connectivity index (χ3v) is 4.45. The number of anilines is 1. The molecule has 120 valence electrons. The van der Waals surface area contributed by atoms with Gasteiger partial charge in [-0.25, -0.2) is 0 Å². The third-order valence-electron chi connectivity index (χ3n) is 4.45. The Kier molecular flexibility index (Phi) is 4.05. The highest BCUT2D eigenvalue weighted by Gasteiger charge is 2.06. The fourth-order valence-corrected chi connectivity index (χ4v) is 3.31. The van der Waals surface area contributed by atoms with Crippen LogP contribution in [0.3, 0.4) is 0 Å². The number of hydrogen-bond acceptors (Lipinski definition) is 1. The zero-order chi connectivity index (χ0) is 17.1. The first-order chi connectivity index (χ1) is 12.3. The van der Waals surface area contributed by atoms with Crippen LogP contribution < -0.4 is 5.73 Å². The number of hydrogen-bond donors (Lipinski definition) is 1. The Bertz CT molecular complexity index is 923. The maximum absolute atomic E-state index is 5.36. The number of fused-ring (bicyclic) bond motifs is 6. The average molecular weight is 321 g/mol. The summed E-state index contributed by atoms with van der Waals surface area (Å²) in [5, 5.41) is 8.04. The van der Waals surface area contributed by atoms with Gasteiger partial charge in [0.05, 0.1) is 0 Å². The molecule has 0 aliphatic carbocycles. The Morgan fingerprint density at radius 1 is 0.320 bits per heavy atom. The van der Waals surface area contributed by atoms with Crippen molar-refractivity contribution < 1.29 is 0 Å². The monoisotopic (exact) mass is 321 g/mol. The number of nitrogen functional groups attached to an aromatic ring is 1. The maximum Gasteiger partial charge on any atom is 0.0313 e. The summed E-state index contributed by atoms with van der Waals surface area (Å²) >= 11 is 0. The molecule has 5 aromatic carbocycles. The molecule has 25 heavy (non-hydrogen) atoms. The van der Waals surface area contributed by atoms with Gasteiger partial charge < -0.3 is 5.73 Å². The van der Waals surface area contributed by atoms with Gasteiger partial charge in [-0.1, -0.05) is 91.0 Å². The van der Waals surface area contributed by atoms with E-state index in [1.807, 2.05) is 30.3 Å². The smallest absolute Gasteiger partial charge is 0.0313 e. The van der Waals surface area contributed by atoms with Crippen LogP contribution in [0, 0.1) is 0 Å². The summed E-state index contributed by atoms with van der Waals surface area (Å²) in [5.41, 5.74) is 6.18. The topological polar surface area (TPSA) is 26.0 Å². The molecule has 0 bridgehead atoms. The lowest BCUT2D eigenvalue weighted by Crippen LogP contribution is -1.81. The second-order valence-electron chi connectivity index (χ2n) is 6.05. The Balaban J connectivity index is 0.000000190. The van der Waals surface area contributed by atoms with Crippen LogP contribution in [0.2, 0.25) is 0 Å². The Morgan fingerprint density at radius 3 is 0.760 bits per heavy atom. The minimum atomic E-state index is 0.822. The largest absolute Gasteiger partial charge is 0.399 e. The van der Waals surface area contributed by atoms with Gasteiger partial charge in [-0.15, -0.1) is 0 Å². The van der Waals surface area contributed by atoms with Crippen molar-refractivity contribution in [1.29, 1.82) is 0 Å². The highest BCUT2D eigenvalue weighted by Crippen LogP contribution is 2.34. The second kappa shape index (κ2) is 6.66. The first kappa shape index (κ1) is 15.2. The summed E-state index contributed by atoms with van der Waals surface area (Å²) in [6, 6.07) is 35.4. The van der Waals surface area contributed by atoms with E-state index in [1.54, 1.807) is 0 Å². The van der Waals surface area contributed by atoms with Gasteiger partial charge in [0.1, 0.15) is 0 Å². The van der Waals surface area contributed by atoms with Gasteiger partial charge in [0.2, 0.25) is 0 Å². The van der Waals surface area contributed by atoms with Crippen molar-refractivity contribution in [2.24, 2.45) is 0 Å². The third kappa shape index (κ3) is 2.92. The van der Waals surface area contributed by atoms with Gasteiger partial charge in [0.25, 0.3) is 0 Å². The first-order valence-electron chi connectivity index (χ1n) is 8.43. The van der Waals surface area contributed by atoms with Crippen LogP contribution >= 0.6 is 0 Å². The van der Waals surface area contributed by atoms with Crippen LogP contribution in [-0.4, -0.2) is 0 Å². The average Bonchev–Trinajstić information content (AvgIpc) is 2.69. The Morgan fingerprint density at radius 2 is 0.560 bits per heavy atom. The van der Waals surface area contributed by atoms with Crippen molar-refractivity contribution in [1.82, 2.24) is 0 Å². The molecule has 5 rings (SSSR count). The molecule has 0 amide bonds. The normalized spacial score (nSPS) is 10.6. The molecule has 0 atom stereocenters. The van der Waals surface area contributed by atoms with Gasteiger partial charge in [0.15, 0.2) is 0 Å². The van der Waals surface area contributed by atoms with E-state index in [9.17, 15) is 0 Å². The molecular weight excluding hydrogens is 302 g/mol.